The molecule has 3 aromatic rings. The second-order valence-corrected chi connectivity index (χ2v) is 10.9. The lowest BCUT2D eigenvalue weighted by molar-refractivity contribution is -0.130. The SMILES string of the molecule is CC(C)(CNC(=O)CC(N)Cc1cc(F)ccc1F)CNC(=O)C(O)C(N)Cc1ccc(-c2ccccc2)cc1. The maximum absolute atomic E-state index is 13.8. The number of hydrogen-bond donors (Lipinski definition) is 5. The third-order valence-electron chi connectivity index (χ3n) is 6.65. The fraction of sp³-hybridized carbons (Fsp3) is 0.355. The number of hydrogen-bond acceptors (Lipinski definition) is 5. The molecule has 3 unspecified atom stereocenters. The first-order chi connectivity index (χ1) is 18.9. The van der Waals surface area contributed by atoms with Crippen LogP contribution in [0.2, 0.25) is 0 Å². The van der Waals surface area contributed by atoms with E-state index < -0.39 is 41.1 Å². The molecule has 3 rings (SSSR count). The third-order valence-corrected chi connectivity index (χ3v) is 6.65. The minimum Gasteiger partial charge on any atom is -0.382 e. The van der Waals surface area contributed by atoms with Gasteiger partial charge in [0.05, 0.1) is 0 Å². The summed E-state index contributed by atoms with van der Waals surface area (Å²) in [6, 6.07) is 19.4. The first kappa shape index (κ1) is 30.9. The summed E-state index contributed by atoms with van der Waals surface area (Å²) < 4.78 is 27.2. The van der Waals surface area contributed by atoms with Gasteiger partial charge < -0.3 is 27.2 Å². The Morgan fingerprint density at radius 3 is 2.17 bits per heavy atom. The highest BCUT2D eigenvalue weighted by atomic mass is 19.1. The van der Waals surface area contributed by atoms with Crippen LogP contribution in [0.5, 0.6) is 0 Å². The quantitative estimate of drug-likeness (QED) is 0.223. The Hall–Kier alpha value is -3.66. The molecular formula is C31H38F2N4O3. The highest BCUT2D eigenvalue weighted by Crippen LogP contribution is 2.20. The normalized spacial score (nSPS) is 13.8. The molecular weight excluding hydrogens is 514 g/mol. The summed E-state index contributed by atoms with van der Waals surface area (Å²) in [5.74, 6) is -2.08. The zero-order valence-corrected chi connectivity index (χ0v) is 22.9. The minimum atomic E-state index is -1.40. The fourth-order valence-corrected chi connectivity index (χ4v) is 4.24. The highest BCUT2D eigenvalue weighted by Gasteiger charge is 2.26. The van der Waals surface area contributed by atoms with Crippen molar-refractivity contribution in [3.63, 3.8) is 0 Å². The van der Waals surface area contributed by atoms with Crippen LogP contribution in [0, 0.1) is 17.0 Å². The van der Waals surface area contributed by atoms with E-state index in [4.69, 9.17) is 11.5 Å². The average molecular weight is 553 g/mol. The maximum atomic E-state index is 13.8. The predicted octanol–water partition coefficient (Wildman–Crippen LogP) is 3.08. The molecule has 0 saturated heterocycles. The van der Waals surface area contributed by atoms with Crippen molar-refractivity contribution in [1.29, 1.82) is 0 Å². The van der Waals surface area contributed by atoms with E-state index in [9.17, 15) is 23.5 Å². The number of carbonyl (C=O) groups is 2. The number of aliphatic hydroxyl groups is 1. The fourth-order valence-electron chi connectivity index (χ4n) is 4.24. The van der Waals surface area contributed by atoms with Crippen LogP contribution in [-0.4, -0.2) is 48.2 Å². The summed E-state index contributed by atoms with van der Waals surface area (Å²) in [6.07, 6.45) is -1.13. The molecule has 3 aromatic carbocycles. The summed E-state index contributed by atoms with van der Waals surface area (Å²) >= 11 is 0. The summed E-state index contributed by atoms with van der Waals surface area (Å²) in [5, 5.41) is 16.0. The Morgan fingerprint density at radius 2 is 1.50 bits per heavy atom. The Bertz CT molecular complexity index is 1270. The lowest BCUT2D eigenvalue weighted by Gasteiger charge is -2.27. The van der Waals surface area contributed by atoms with Crippen molar-refractivity contribution in [2.75, 3.05) is 13.1 Å². The van der Waals surface area contributed by atoms with Crippen molar-refractivity contribution in [2.24, 2.45) is 16.9 Å². The molecule has 0 aliphatic heterocycles. The first-order valence-electron chi connectivity index (χ1n) is 13.3. The third kappa shape index (κ3) is 9.51. The Labute approximate surface area is 234 Å². The van der Waals surface area contributed by atoms with Gasteiger partial charge in [-0.05, 0) is 58.7 Å². The molecule has 214 valence electrons. The van der Waals surface area contributed by atoms with E-state index in [0.29, 0.717) is 6.42 Å². The number of benzene rings is 3. The molecule has 0 aromatic heterocycles. The van der Waals surface area contributed by atoms with Crippen molar-refractivity contribution in [3.05, 3.63) is 95.6 Å². The van der Waals surface area contributed by atoms with E-state index in [1.807, 2.05) is 68.4 Å². The average Bonchev–Trinajstić information content (AvgIpc) is 2.93. The van der Waals surface area contributed by atoms with Crippen LogP contribution in [0.15, 0.2) is 72.8 Å². The summed E-state index contributed by atoms with van der Waals surface area (Å²) in [4.78, 5) is 24.9. The van der Waals surface area contributed by atoms with Crippen LogP contribution in [0.25, 0.3) is 11.1 Å². The van der Waals surface area contributed by atoms with Crippen LogP contribution in [0.1, 0.15) is 31.4 Å². The largest absolute Gasteiger partial charge is 0.382 e. The number of rotatable bonds is 13. The van der Waals surface area contributed by atoms with Gasteiger partial charge in [-0.3, -0.25) is 9.59 Å². The first-order valence-corrected chi connectivity index (χ1v) is 13.3. The zero-order chi connectivity index (χ0) is 29.3. The van der Waals surface area contributed by atoms with Gasteiger partial charge in [0.2, 0.25) is 11.8 Å². The number of nitrogens with one attached hydrogen (secondary N) is 2. The standard InChI is InChI=1S/C31H38F2N4O3/c1-31(2,18-36-28(38)17-25(34)16-23-15-24(32)12-13-26(23)33)19-37-30(40)29(39)27(35)14-20-8-10-22(11-9-20)21-6-4-3-5-7-21/h3-13,15,25,27,29,39H,14,16-19,34-35H2,1-2H3,(H,36,38)(H,37,40). The molecule has 0 saturated carbocycles. The van der Waals surface area contributed by atoms with Crippen LogP contribution < -0.4 is 22.1 Å². The number of halogens is 2. The molecule has 0 radical (unpaired) electrons. The highest BCUT2D eigenvalue weighted by molar-refractivity contribution is 5.81. The van der Waals surface area contributed by atoms with Gasteiger partial charge in [-0.15, -0.1) is 0 Å². The van der Waals surface area contributed by atoms with Gasteiger partial charge in [-0.2, -0.15) is 0 Å². The van der Waals surface area contributed by atoms with E-state index in [1.165, 1.54) is 0 Å². The van der Waals surface area contributed by atoms with Crippen molar-refractivity contribution in [2.45, 2.75) is 51.3 Å². The van der Waals surface area contributed by atoms with Crippen LogP contribution in [0.3, 0.4) is 0 Å². The van der Waals surface area contributed by atoms with Crippen molar-refractivity contribution in [1.82, 2.24) is 10.6 Å². The number of carbonyl (C=O) groups excluding carboxylic acids is 2. The number of nitrogens with two attached hydrogens (primary N) is 2. The molecule has 0 spiro atoms. The Morgan fingerprint density at radius 1 is 0.875 bits per heavy atom. The van der Waals surface area contributed by atoms with E-state index in [1.54, 1.807) is 0 Å². The molecule has 0 aliphatic rings. The maximum Gasteiger partial charge on any atom is 0.250 e. The Kier molecular flexibility index (Phi) is 10.9. The lowest BCUT2D eigenvalue weighted by Crippen LogP contribution is -2.50. The van der Waals surface area contributed by atoms with Gasteiger partial charge >= 0.3 is 0 Å². The van der Waals surface area contributed by atoms with Crippen LogP contribution >= 0.6 is 0 Å². The lowest BCUT2D eigenvalue weighted by atomic mass is 9.92. The van der Waals surface area contributed by atoms with Gasteiger partial charge in [-0.1, -0.05) is 68.4 Å². The molecule has 9 heteroatoms. The number of aliphatic hydroxyl groups excluding tert-OH is 1. The van der Waals surface area contributed by atoms with E-state index in [0.717, 1.165) is 34.9 Å². The van der Waals surface area contributed by atoms with Gasteiger partial charge in [-0.25, -0.2) is 8.78 Å². The topological polar surface area (TPSA) is 130 Å². The van der Waals surface area contributed by atoms with Crippen LogP contribution in [-0.2, 0) is 22.4 Å². The van der Waals surface area contributed by atoms with Gasteiger partial charge in [0.15, 0.2) is 0 Å². The van der Waals surface area contributed by atoms with Crippen molar-refractivity contribution >= 4 is 11.8 Å². The number of amides is 2. The van der Waals surface area contributed by atoms with Crippen molar-refractivity contribution < 1.29 is 23.5 Å². The molecule has 7 nitrogen and oxygen atoms in total. The second-order valence-electron chi connectivity index (χ2n) is 10.9. The van der Waals surface area contributed by atoms with Gasteiger partial charge in [0, 0.05) is 31.6 Å². The van der Waals surface area contributed by atoms with E-state index >= 15 is 0 Å². The summed E-state index contributed by atoms with van der Waals surface area (Å²) in [6.45, 7) is 4.09. The second kappa shape index (κ2) is 14.1. The smallest absolute Gasteiger partial charge is 0.250 e. The monoisotopic (exact) mass is 552 g/mol. The van der Waals surface area contributed by atoms with Crippen molar-refractivity contribution in [3.8, 4) is 11.1 Å². The van der Waals surface area contributed by atoms with Crippen LogP contribution in [0.4, 0.5) is 8.78 Å². The molecule has 2 amide bonds. The zero-order valence-electron chi connectivity index (χ0n) is 22.9. The minimum absolute atomic E-state index is 0.0196. The van der Waals surface area contributed by atoms with Gasteiger partial charge in [0.25, 0.3) is 0 Å². The van der Waals surface area contributed by atoms with E-state index in [2.05, 4.69) is 10.6 Å². The molecule has 40 heavy (non-hydrogen) atoms. The molecule has 0 fully saturated rings. The Balaban J connectivity index is 1.40. The summed E-state index contributed by atoms with van der Waals surface area (Å²) in [7, 11) is 0. The molecule has 7 N–H and O–H groups in total. The molecule has 3 atom stereocenters. The van der Waals surface area contributed by atoms with Gasteiger partial charge in [0.1, 0.15) is 17.7 Å². The summed E-state index contributed by atoms with van der Waals surface area (Å²) in [5.41, 5.74) is 14.7. The molecule has 0 aliphatic carbocycles. The molecule has 0 bridgehead atoms. The molecule has 0 heterocycles. The van der Waals surface area contributed by atoms with E-state index in [-0.39, 0.29) is 37.4 Å². The predicted molar refractivity (Wildman–Crippen MR) is 152 cm³/mol.